The Balaban J connectivity index is 1.78. The van der Waals surface area contributed by atoms with Crippen molar-refractivity contribution in [3.05, 3.63) is 106 Å². The first kappa shape index (κ1) is 17.7. The third-order valence-corrected chi connectivity index (χ3v) is 4.59. The quantitative estimate of drug-likeness (QED) is 0.591. The van der Waals surface area contributed by atoms with Gasteiger partial charge in [0.15, 0.2) is 0 Å². The number of carbonyl (C=O) groups excluding carboxylic acids is 1. The summed E-state index contributed by atoms with van der Waals surface area (Å²) in [5.74, 6) is -0.429. The van der Waals surface area contributed by atoms with E-state index in [1.54, 1.807) is 22.9 Å². The minimum atomic E-state index is -0.429. The van der Waals surface area contributed by atoms with E-state index in [4.69, 9.17) is 0 Å². The Morgan fingerprint density at radius 2 is 1.75 bits per heavy atom. The van der Waals surface area contributed by atoms with Gasteiger partial charge in [0.1, 0.15) is 11.2 Å². The van der Waals surface area contributed by atoms with Crippen molar-refractivity contribution >= 4 is 22.6 Å². The molecule has 0 atom stereocenters. The fraction of sp³-hybridized carbons (Fsp3) is 0.0870. The zero-order valence-electron chi connectivity index (χ0n) is 15.4. The van der Waals surface area contributed by atoms with Crippen LogP contribution in [0, 0.1) is 6.92 Å². The molecule has 1 N–H and O–H groups in total. The van der Waals surface area contributed by atoms with Gasteiger partial charge in [0.05, 0.1) is 6.54 Å². The maximum absolute atomic E-state index is 13.1. The molecule has 0 aliphatic rings. The Bertz CT molecular complexity index is 1200. The van der Waals surface area contributed by atoms with Crippen LogP contribution in [-0.4, -0.2) is 15.5 Å². The summed E-state index contributed by atoms with van der Waals surface area (Å²) in [5.41, 5.74) is 3.00. The Kier molecular flexibility index (Phi) is 4.72. The first-order chi connectivity index (χ1) is 13.6. The van der Waals surface area contributed by atoms with E-state index < -0.39 is 5.91 Å². The van der Waals surface area contributed by atoms with E-state index in [2.05, 4.69) is 10.3 Å². The molecule has 0 saturated carbocycles. The lowest BCUT2D eigenvalue weighted by atomic mass is 10.1. The van der Waals surface area contributed by atoms with Crippen molar-refractivity contribution in [3.63, 3.8) is 0 Å². The van der Waals surface area contributed by atoms with E-state index in [9.17, 15) is 9.59 Å². The lowest BCUT2D eigenvalue weighted by Crippen LogP contribution is -2.30. The summed E-state index contributed by atoms with van der Waals surface area (Å²) < 4.78 is 1.55. The number of amides is 1. The summed E-state index contributed by atoms with van der Waals surface area (Å²) >= 11 is 0. The van der Waals surface area contributed by atoms with Crippen LogP contribution in [0.5, 0.6) is 0 Å². The lowest BCUT2D eigenvalue weighted by Gasteiger charge is -2.12. The van der Waals surface area contributed by atoms with E-state index in [-0.39, 0.29) is 11.1 Å². The van der Waals surface area contributed by atoms with Gasteiger partial charge in [0, 0.05) is 17.3 Å². The van der Waals surface area contributed by atoms with Crippen molar-refractivity contribution in [2.24, 2.45) is 0 Å². The minimum Gasteiger partial charge on any atom is -0.322 e. The number of benzene rings is 2. The van der Waals surface area contributed by atoms with Gasteiger partial charge < -0.3 is 5.32 Å². The standard InChI is InChI=1S/C23H19N3O2/c1-16-9-11-19(12-10-16)25-22(27)20-14-18-8-5-13-24-21(18)26(23(20)28)15-17-6-3-2-4-7-17/h2-14H,15H2,1H3,(H,25,27). The average Bonchev–Trinajstić information content (AvgIpc) is 2.72. The topological polar surface area (TPSA) is 64.0 Å². The SMILES string of the molecule is Cc1ccc(NC(=O)c2cc3cccnc3n(Cc3ccccc3)c2=O)cc1. The highest BCUT2D eigenvalue weighted by atomic mass is 16.2. The van der Waals surface area contributed by atoms with Crippen molar-refractivity contribution < 1.29 is 4.79 Å². The zero-order chi connectivity index (χ0) is 19.5. The molecule has 0 radical (unpaired) electrons. The molecule has 1 amide bonds. The summed E-state index contributed by atoms with van der Waals surface area (Å²) in [4.78, 5) is 30.3. The lowest BCUT2D eigenvalue weighted by molar-refractivity contribution is 0.102. The van der Waals surface area contributed by atoms with Gasteiger partial charge in [-0.25, -0.2) is 4.98 Å². The Morgan fingerprint density at radius 1 is 1.00 bits per heavy atom. The summed E-state index contributed by atoms with van der Waals surface area (Å²) in [7, 11) is 0. The number of carbonyl (C=O) groups is 1. The van der Waals surface area contributed by atoms with Crippen LogP contribution in [0.3, 0.4) is 0 Å². The monoisotopic (exact) mass is 369 g/mol. The molecule has 0 bridgehead atoms. The predicted octanol–water partition coefficient (Wildman–Crippen LogP) is 4.01. The number of hydrogen-bond acceptors (Lipinski definition) is 3. The fourth-order valence-corrected chi connectivity index (χ4v) is 3.12. The van der Waals surface area contributed by atoms with Gasteiger partial charge in [-0.2, -0.15) is 0 Å². The summed E-state index contributed by atoms with van der Waals surface area (Å²) in [6.07, 6.45) is 1.65. The molecule has 0 aliphatic heterocycles. The van der Waals surface area contributed by atoms with Crippen molar-refractivity contribution in [3.8, 4) is 0 Å². The summed E-state index contributed by atoms with van der Waals surface area (Å²) in [5, 5.41) is 3.55. The van der Waals surface area contributed by atoms with Crippen molar-refractivity contribution in [1.82, 2.24) is 9.55 Å². The highest BCUT2D eigenvalue weighted by Crippen LogP contribution is 2.15. The normalized spacial score (nSPS) is 10.8. The number of pyridine rings is 2. The van der Waals surface area contributed by atoms with E-state index in [0.717, 1.165) is 16.5 Å². The van der Waals surface area contributed by atoms with Crippen LogP contribution in [0.1, 0.15) is 21.5 Å². The molecule has 0 aliphatic carbocycles. The van der Waals surface area contributed by atoms with Crippen LogP contribution in [0.2, 0.25) is 0 Å². The van der Waals surface area contributed by atoms with Crippen LogP contribution in [0.4, 0.5) is 5.69 Å². The van der Waals surface area contributed by atoms with Crippen molar-refractivity contribution in [2.75, 3.05) is 5.32 Å². The molecular weight excluding hydrogens is 350 g/mol. The molecule has 2 heterocycles. The molecule has 0 saturated heterocycles. The molecule has 5 heteroatoms. The van der Waals surface area contributed by atoms with E-state index in [0.29, 0.717) is 17.9 Å². The number of nitrogens with zero attached hydrogens (tertiary/aromatic N) is 2. The third kappa shape index (κ3) is 3.55. The molecule has 4 aromatic rings. The molecule has 28 heavy (non-hydrogen) atoms. The first-order valence-electron chi connectivity index (χ1n) is 9.02. The van der Waals surface area contributed by atoms with Gasteiger partial charge in [0.25, 0.3) is 11.5 Å². The number of aromatic nitrogens is 2. The van der Waals surface area contributed by atoms with Crippen molar-refractivity contribution in [1.29, 1.82) is 0 Å². The molecule has 5 nitrogen and oxygen atoms in total. The van der Waals surface area contributed by atoms with Gasteiger partial charge in [-0.3, -0.25) is 14.2 Å². The van der Waals surface area contributed by atoms with Gasteiger partial charge in [-0.1, -0.05) is 48.0 Å². The molecule has 138 valence electrons. The second-order valence-electron chi connectivity index (χ2n) is 6.67. The Labute approximate surface area is 162 Å². The summed E-state index contributed by atoms with van der Waals surface area (Å²) in [6.45, 7) is 2.32. The van der Waals surface area contributed by atoms with Gasteiger partial charge >= 0.3 is 0 Å². The second kappa shape index (κ2) is 7.48. The van der Waals surface area contributed by atoms with Gasteiger partial charge in [0.2, 0.25) is 0 Å². The minimum absolute atomic E-state index is 0.0945. The van der Waals surface area contributed by atoms with Crippen LogP contribution < -0.4 is 10.9 Å². The van der Waals surface area contributed by atoms with Crippen LogP contribution >= 0.6 is 0 Å². The maximum Gasteiger partial charge on any atom is 0.265 e. The van der Waals surface area contributed by atoms with E-state index in [1.165, 1.54) is 0 Å². The predicted molar refractivity (Wildman–Crippen MR) is 111 cm³/mol. The fourth-order valence-electron chi connectivity index (χ4n) is 3.12. The van der Waals surface area contributed by atoms with Crippen LogP contribution in [0.15, 0.2) is 83.8 Å². The molecule has 2 aromatic heterocycles. The number of anilines is 1. The van der Waals surface area contributed by atoms with Crippen molar-refractivity contribution in [2.45, 2.75) is 13.5 Å². The molecule has 4 rings (SSSR count). The average molecular weight is 369 g/mol. The molecule has 0 unspecified atom stereocenters. The summed E-state index contributed by atoms with van der Waals surface area (Å²) in [6, 6.07) is 22.4. The molecular formula is C23H19N3O2. The number of hydrogen-bond donors (Lipinski definition) is 1. The highest BCUT2D eigenvalue weighted by molar-refractivity contribution is 6.05. The van der Waals surface area contributed by atoms with Crippen LogP contribution in [-0.2, 0) is 6.54 Å². The largest absolute Gasteiger partial charge is 0.322 e. The second-order valence-corrected chi connectivity index (χ2v) is 6.67. The third-order valence-electron chi connectivity index (χ3n) is 4.59. The Hall–Kier alpha value is -3.73. The molecule has 2 aromatic carbocycles. The van der Waals surface area contributed by atoms with Gasteiger partial charge in [-0.15, -0.1) is 0 Å². The number of fused-ring (bicyclic) bond motifs is 1. The van der Waals surface area contributed by atoms with Crippen LogP contribution in [0.25, 0.3) is 11.0 Å². The van der Waals surface area contributed by atoms with E-state index in [1.807, 2.05) is 67.6 Å². The zero-order valence-corrected chi connectivity index (χ0v) is 15.4. The highest BCUT2D eigenvalue weighted by Gasteiger charge is 2.16. The van der Waals surface area contributed by atoms with Gasteiger partial charge in [-0.05, 0) is 42.8 Å². The van der Waals surface area contributed by atoms with E-state index >= 15 is 0 Å². The smallest absolute Gasteiger partial charge is 0.265 e. The number of nitrogens with one attached hydrogen (secondary N) is 1. The Morgan fingerprint density at radius 3 is 2.50 bits per heavy atom. The number of aryl methyl sites for hydroxylation is 1. The maximum atomic E-state index is 13.1. The first-order valence-corrected chi connectivity index (χ1v) is 9.02. The molecule has 0 spiro atoms. The molecule has 0 fully saturated rings. The number of rotatable bonds is 4.